The maximum Gasteiger partial charge on any atom is 0.245 e. The molecule has 616 valence electrons. The summed E-state index contributed by atoms with van der Waals surface area (Å²) in [5.74, 6) is -13.8. The van der Waals surface area contributed by atoms with Gasteiger partial charge in [0.25, 0.3) is 0 Å². The third-order valence-electron chi connectivity index (χ3n) is 17.6. The molecular formula is C69H123N29O12. The van der Waals surface area contributed by atoms with Crippen molar-refractivity contribution in [1.82, 2.24) is 63.5 Å². The first-order valence-electron chi connectivity index (χ1n) is 36.8. The highest BCUT2D eigenvalue weighted by atomic mass is 16.2. The van der Waals surface area contributed by atoms with Crippen molar-refractivity contribution in [3.05, 3.63) is 36.0 Å². The van der Waals surface area contributed by atoms with Crippen LogP contribution < -0.4 is 127 Å². The second kappa shape index (κ2) is 48.2. The second-order valence-corrected chi connectivity index (χ2v) is 28.4. The molecule has 12 amide bonds. The SMILES string of the molecule is CC[C@H](C)[C@H](NC(=O)[C@H](CC(C)C)NC(=O)[C@H](CCCN=C(N)N)NC(=O)[C@@H](N)C(C)C)C(=O)N[C@H](C(=O)N[C@@H](C)C(=O)N[C@H](C(=O)N[C@@H](CCCN=C(N)N)C(=O)N[C@@H](CN=C(N)N)C(=O)N[C@@H](Cc1c[nH]c2ccccc12)C(=O)N[C@@H](CCCN=C(N)N)C(=O)N[C@@H](CCCN=C(N)N)C(N)=O)C(C)C)C(C)C. The van der Waals surface area contributed by atoms with Crippen LogP contribution in [0.3, 0.4) is 0 Å². The van der Waals surface area contributed by atoms with Gasteiger partial charge in [-0.2, -0.15) is 0 Å². The number of primary amides is 1. The van der Waals surface area contributed by atoms with E-state index in [1.54, 1.807) is 85.9 Å². The van der Waals surface area contributed by atoms with E-state index in [-0.39, 0.29) is 126 Å². The standard InChI is InChI=1S/C69H123N29O12/c1-12-37(10)52(98-59(105)46(29-33(2)3)93-56(102)44(23-17-27-84-67(76)77)91-61(107)49(70)34(4)5)64(110)97-50(35(6)7)62(108)88-38(11)54(100)96-51(36(8)9)63(109)92-45(24-18-28-85-68(78)79)57(103)95-48(32-87-69(80)81)60(106)94-47(30-39-31-86-41-20-14-13-19-40(39)41)58(104)90-43(22-16-26-83-66(74)75)55(101)89-42(53(71)99)21-15-25-82-65(72)73/h13-14,19-20,31,33-38,42-52,86H,12,15-18,21-30,32,70H2,1-11H3,(H2,71,99)(H,88,108)(H,89,101)(H,90,104)(H,91,107)(H,92,109)(H,93,102)(H,94,106)(H,95,103)(H,96,100)(H,97,110)(H,98,105)(H4,72,73,82)(H4,74,75,83)(H4,76,77,84)(H4,78,79,85)(H4,80,81,87)/t37-,38-,42-,43-,44-,45-,46-,47-,48-,49-,50-,51-,52-/m0/s1. The molecule has 0 bridgehead atoms. The minimum atomic E-state index is -1.71. The van der Waals surface area contributed by atoms with Crippen molar-refractivity contribution in [2.24, 2.45) is 123 Å². The molecule has 110 heavy (non-hydrogen) atoms. The van der Waals surface area contributed by atoms with Crippen LogP contribution in [0.4, 0.5) is 0 Å². The molecule has 0 saturated carbocycles. The number of aromatic nitrogens is 1. The summed E-state index contributed by atoms with van der Waals surface area (Å²) in [6.45, 7) is 18.0. The fraction of sp³-hybridized carbons (Fsp3) is 0.638. The summed E-state index contributed by atoms with van der Waals surface area (Å²) in [5.41, 5.74) is 68.7. The number of carbonyl (C=O) groups is 12. The number of carbonyl (C=O) groups excluding carboxylic acids is 12. The van der Waals surface area contributed by atoms with Crippen molar-refractivity contribution in [3.63, 3.8) is 0 Å². The molecule has 0 aliphatic carbocycles. The zero-order chi connectivity index (χ0) is 83.2. The zero-order valence-electron chi connectivity index (χ0n) is 65.1. The van der Waals surface area contributed by atoms with Crippen molar-refractivity contribution in [1.29, 1.82) is 0 Å². The average Bonchev–Trinajstić information content (AvgIpc) is 1.66. The molecule has 1 aromatic carbocycles. The molecule has 41 heteroatoms. The number of aliphatic imine (C=N–C) groups is 5. The van der Waals surface area contributed by atoms with Gasteiger partial charge < -0.3 is 132 Å². The Bertz CT molecular complexity index is 3540. The predicted octanol–water partition coefficient (Wildman–Crippen LogP) is -6.58. The lowest BCUT2D eigenvalue weighted by Crippen LogP contribution is -2.62. The summed E-state index contributed by atoms with van der Waals surface area (Å²) in [6.07, 6.45) is 2.29. The first-order chi connectivity index (χ1) is 51.6. The van der Waals surface area contributed by atoms with Crippen LogP contribution in [0, 0.1) is 29.6 Å². The number of fused-ring (bicyclic) bond motifs is 1. The van der Waals surface area contributed by atoms with Gasteiger partial charge in [0.1, 0.15) is 66.5 Å². The highest BCUT2D eigenvalue weighted by molar-refractivity contribution is 6.00. The Kier molecular flexibility index (Phi) is 41.5. The van der Waals surface area contributed by atoms with E-state index in [2.05, 4.69) is 88.4 Å². The molecule has 0 radical (unpaired) electrons. The fourth-order valence-electron chi connectivity index (χ4n) is 11.0. The molecule has 1 aromatic heterocycles. The number of para-hydroxylation sites is 1. The molecule has 0 aliphatic heterocycles. The van der Waals surface area contributed by atoms with E-state index in [9.17, 15) is 57.5 Å². The van der Waals surface area contributed by atoms with Gasteiger partial charge in [0.05, 0.1) is 12.6 Å². The Morgan fingerprint density at radius 2 is 0.736 bits per heavy atom. The van der Waals surface area contributed by atoms with Crippen LogP contribution >= 0.6 is 0 Å². The average molecular weight is 1550 g/mol. The third-order valence-corrected chi connectivity index (χ3v) is 17.6. The quantitative estimate of drug-likeness (QED) is 0.0166. The summed E-state index contributed by atoms with van der Waals surface area (Å²) in [5, 5.41) is 30.0. The number of guanidine groups is 5. The van der Waals surface area contributed by atoms with Crippen molar-refractivity contribution in [3.8, 4) is 0 Å². The van der Waals surface area contributed by atoms with Crippen molar-refractivity contribution in [2.45, 2.75) is 219 Å². The smallest absolute Gasteiger partial charge is 0.245 e. The maximum absolute atomic E-state index is 14.8. The molecule has 41 nitrogen and oxygen atoms in total. The Labute approximate surface area is 641 Å². The van der Waals surface area contributed by atoms with E-state index >= 15 is 0 Å². The molecule has 0 unspecified atom stereocenters. The van der Waals surface area contributed by atoms with Crippen molar-refractivity contribution >= 4 is 112 Å². The topological polar surface area (TPSA) is 727 Å². The van der Waals surface area contributed by atoms with Crippen LogP contribution in [0.2, 0.25) is 0 Å². The molecule has 1 heterocycles. The first-order valence-corrected chi connectivity index (χ1v) is 36.8. The van der Waals surface area contributed by atoms with Gasteiger partial charge in [-0.25, -0.2) is 0 Å². The molecular weight excluding hydrogens is 1430 g/mol. The van der Waals surface area contributed by atoms with Gasteiger partial charge in [0.2, 0.25) is 70.9 Å². The van der Waals surface area contributed by atoms with E-state index < -0.39 is 174 Å². The Morgan fingerprint density at radius 3 is 1.17 bits per heavy atom. The largest absolute Gasteiger partial charge is 0.370 e. The van der Waals surface area contributed by atoms with E-state index in [4.69, 9.17) is 68.8 Å². The predicted molar refractivity (Wildman–Crippen MR) is 420 cm³/mol. The molecule has 0 saturated heterocycles. The number of H-pyrrole nitrogens is 1. The number of amides is 12. The van der Waals surface area contributed by atoms with Crippen LogP contribution in [-0.2, 0) is 64.0 Å². The van der Waals surface area contributed by atoms with Gasteiger partial charge in [-0.05, 0) is 106 Å². The Balaban J connectivity index is 2.54. The first kappa shape index (κ1) is 94.8. The molecule has 36 N–H and O–H groups in total. The lowest BCUT2D eigenvalue weighted by Gasteiger charge is -2.31. The summed E-state index contributed by atoms with van der Waals surface area (Å²) in [4.78, 5) is 193. The summed E-state index contributed by atoms with van der Waals surface area (Å²) in [6, 6.07) is -9.07. The van der Waals surface area contributed by atoms with Crippen LogP contribution in [0.5, 0.6) is 0 Å². The summed E-state index contributed by atoms with van der Waals surface area (Å²) < 4.78 is 0. The molecule has 0 spiro atoms. The summed E-state index contributed by atoms with van der Waals surface area (Å²) in [7, 11) is 0. The minimum absolute atomic E-state index is 0.00634. The fourth-order valence-corrected chi connectivity index (χ4v) is 11.0. The second-order valence-electron chi connectivity index (χ2n) is 28.4. The van der Waals surface area contributed by atoms with Gasteiger partial charge in [0, 0.05) is 49.7 Å². The van der Waals surface area contributed by atoms with Crippen molar-refractivity contribution < 1.29 is 57.5 Å². The van der Waals surface area contributed by atoms with Crippen LogP contribution in [0.1, 0.15) is 146 Å². The van der Waals surface area contributed by atoms with Gasteiger partial charge in [-0.15, -0.1) is 0 Å². The van der Waals surface area contributed by atoms with E-state index in [0.717, 1.165) is 0 Å². The number of nitrogens with zero attached hydrogens (tertiary/aromatic N) is 5. The molecule has 0 aliphatic rings. The van der Waals surface area contributed by atoms with Crippen molar-refractivity contribution in [2.75, 3.05) is 32.7 Å². The zero-order valence-corrected chi connectivity index (χ0v) is 65.1. The maximum atomic E-state index is 14.8. The van der Waals surface area contributed by atoms with Crippen LogP contribution in [0.15, 0.2) is 55.4 Å². The van der Waals surface area contributed by atoms with Gasteiger partial charge in [-0.3, -0.25) is 82.5 Å². The third kappa shape index (κ3) is 34.7. The monoisotopic (exact) mass is 1550 g/mol. The number of rotatable bonds is 50. The van der Waals surface area contributed by atoms with Crippen LogP contribution in [-0.4, -0.2) is 211 Å². The highest BCUT2D eigenvalue weighted by Crippen LogP contribution is 2.21. The minimum Gasteiger partial charge on any atom is -0.370 e. The molecule has 2 aromatic rings. The Hall–Kier alpha value is -11.3. The number of hydrogen-bond acceptors (Lipinski definition) is 18. The lowest BCUT2D eigenvalue weighted by molar-refractivity contribution is -0.137. The van der Waals surface area contributed by atoms with E-state index in [1.165, 1.54) is 6.92 Å². The Morgan fingerprint density at radius 1 is 0.382 bits per heavy atom. The van der Waals surface area contributed by atoms with Gasteiger partial charge >= 0.3 is 0 Å². The molecule has 0 fully saturated rings. The van der Waals surface area contributed by atoms with Gasteiger partial charge in [0.15, 0.2) is 29.8 Å². The number of nitrogens with one attached hydrogen (secondary N) is 12. The number of hydrogen-bond donors (Lipinski definition) is 24. The van der Waals surface area contributed by atoms with E-state index in [0.29, 0.717) is 22.9 Å². The number of benzene rings is 1. The van der Waals surface area contributed by atoms with Gasteiger partial charge in [-0.1, -0.05) is 93.9 Å². The normalized spacial score (nSPS) is 14.7. The molecule has 2 rings (SSSR count). The van der Waals surface area contributed by atoms with E-state index in [1.807, 2.05) is 13.8 Å². The number of aromatic amines is 1. The lowest BCUT2D eigenvalue weighted by atomic mass is 9.95. The summed E-state index contributed by atoms with van der Waals surface area (Å²) >= 11 is 0. The van der Waals surface area contributed by atoms with Crippen LogP contribution in [0.25, 0.3) is 10.9 Å². The highest BCUT2D eigenvalue weighted by Gasteiger charge is 2.39. The number of nitrogens with two attached hydrogens (primary N) is 12. The molecule has 13 atom stereocenters.